The van der Waals surface area contributed by atoms with Gasteiger partial charge in [0, 0.05) is 0 Å². The van der Waals surface area contributed by atoms with Crippen LogP contribution >= 0.6 is 0 Å². The molecule has 0 aliphatic heterocycles. The first kappa shape index (κ1) is 17.6. The third-order valence-corrected chi connectivity index (χ3v) is 1.47. The van der Waals surface area contributed by atoms with Crippen LogP contribution in [0.25, 0.3) is 0 Å². The van der Waals surface area contributed by atoms with Crippen LogP contribution in [-0.4, -0.2) is 13.1 Å². The summed E-state index contributed by atoms with van der Waals surface area (Å²) in [6.45, 7) is 5.45. The van der Waals surface area contributed by atoms with Crippen LogP contribution in [0.15, 0.2) is 12.2 Å². The zero-order valence-corrected chi connectivity index (χ0v) is 8.02. The summed E-state index contributed by atoms with van der Waals surface area (Å²) in [4.78, 5) is 0. The van der Waals surface area contributed by atoms with Crippen LogP contribution in [0.2, 0.25) is 0 Å². The average Bonchev–Trinajstić information content (AvgIpc) is 1.97. The Kier molecular flexibility index (Phi) is 19.4. The molecule has 0 aliphatic carbocycles. The lowest BCUT2D eigenvalue weighted by Crippen LogP contribution is -2.01. The summed E-state index contributed by atoms with van der Waals surface area (Å²) in [5.41, 5.74) is 12.0. The van der Waals surface area contributed by atoms with E-state index in [9.17, 15) is 0 Å². The van der Waals surface area contributed by atoms with Crippen LogP contribution < -0.4 is 23.8 Å². The summed E-state index contributed by atoms with van der Waals surface area (Å²) in [7, 11) is 0. The Labute approximate surface area is 75.6 Å². The maximum absolute atomic E-state index is 5.34. The Morgan fingerprint density at radius 1 is 0.917 bits per heavy atom. The largest absolute Gasteiger partial charge is 0.344 e. The monoisotopic (exact) mass is 176 g/mol. The van der Waals surface area contributed by atoms with Gasteiger partial charge < -0.3 is 23.8 Å². The van der Waals surface area contributed by atoms with Crippen molar-refractivity contribution in [1.29, 1.82) is 0 Å². The van der Waals surface area contributed by atoms with Gasteiger partial charge in [-0.3, -0.25) is 0 Å². The van der Waals surface area contributed by atoms with E-state index < -0.39 is 0 Å². The minimum Gasteiger partial charge on any atom is -0.344 e. The second kappa shape index (κ2) is 13.2. The van der Waals surface area contributed by atoms with Crippen LogP contribution in [0, 0.1) is 0 Å². The van der Waals surface area contributed by atoms with Crippen molar-refractivity contribution in [3.8, 4) is 0 Å². The Bertz CT molecular complexity index is 83.1. The minimum absolute atomic E-state index is 0. The standard InChI is InChI=1S/C8H18N2.2H3N/c1-8(4-2-6-9)5-3-7-10;;/h1-7,9-10H2;2*1H3. The van der Waals surface area contributed by atoms with Gasteiger partial charge in [-0.1, -0.05) is 12.2 Å². The Hall–Kier alpha value is -0.420. The van der Waals surface area contributed by atoms with Crippen molar-refractivity contribution in [1.82, 2.24) is 12.3 Å². The summed E-state index contributed by atoms with van der Waals surface area (Å²) < 4.78 is 0. The molecule has 0 heterocycles. The highest BCUT2D eigenvalue weighted by molar-refractivity contribution is 4.93. The molecule has 0 aromatic heterocycles. The SMILES string of the molecule is C=C(CCCN)CCCN.N.N. The van der Waals surface area contributed by atoms with Crippen molar-refractivity contribution in [2.75, 3.05) is 13.1 Å². The van der Waals surface area contributed by atoms with Gasteiger partial charge in [-0.25, -0.2) is 0 Å². The molecule has 4 heteroatoms. The molecule has 76 valence electrons. The number of allylic oxidation sites excluding steroid dienone is 1. The van der Waals surface area contributed by atoms with Crippen molar-refractivity contribution in [3.05, 3.63) is 12.2 Å². The molecule has 0 aromatic rings. The van der Waals surface area contributed by atoms with Gasteiger partial charge in [-0.15, -0.1) is 0 Å². The molecule has 4 nitrogen and oxygen atoms in total. The first-order chi connectivity index (χ1) is 4.81. The van der Waals surface area contributed by atoms with Gasteiger partial charge in [0.15, 0.2) is 0 Å². The van der Waals surface area contributed by atoms with E-state index in [4.69, 9.17) is 11.5 Å². The first-order valence-electron chi connectivity index (χ1n) is 3.88. The summed E-state index contributed by atoms with van der Waals surface area (Å²) in [6.07, 6.45) is 4.25. The molecule has 0 saturated carbocycles. The molecule has 0 fully saturated rings. The second-order valence-electron chi connectivity index (χ2n) is 2.53. The van der Waals surface area contributed by atoms with E-state index in [1.54, 1.807) is 0 Å². The third kappa shape index (κ3) is 12.3. The molecule has 0 saturated heterocycles. The topological polar surface area (TPSA) is 122 Å². The summed E-state index contributed by atoms with van der Waals surface area (Å²) in [5, 5.41) is 0. The fourth-order valence-corrected chi connectivity index (χ4v) is 0.829. The van der Waals surface area contributed by atoms with Crippen molar-refractivity contribution in [3.63, 3.8) is 0 Å². The van der Waals surface area contributed by atoms with E-state index in [1.807, 2.05) is 0 Å². The smallest absolute Gasteiger partial charge is 0.00742 e. The van der Waals surface area contributed by atoms with Crippen LogP contribution in [0.4, 0.5) is 0 Å². The number of rotatable bonds is 6. The lowest BCUT2D eigenvalue weighted by molar-refractivity contribution is 0.746. The third-order valence-electron chi connectivity index (χ3n) is 1.47. The van der Waals surface area contributed by atoms with Crippen LogP contribution in [0.3, 0.4) is 0 Å². The Morgan fingerprint density at radius 2 is 1.25 bits per heavy atom. The predicted octanol–water partition coefficient (Wildman–Crippen LogP) is 1.34. The minimum atomic E-state index is 0. The van der Waals surface area contributed by atoms with Gasteiger partial charge in [0.1, 0.15) is 0 Å². The first-order valence-corrected chi connectivity index (χ1v) is 3.88. The lowest BCUT2D eigenvalue weighted by Gasteiger charge is -2.01. The zero-order chi connectivity index (χ0) is 7.82. The van der Waals surface area contributed by atoms with Crippen molar-refractivity contribution < 1.29 is 0 Å². The maximum atomic E-state index is 5.34. The highest BCUT2D eigenvalue weighted by atomic mass is 14.5. The Balaban J connectivity index is -0.000000405. The molecule has 0 unspecified atom stereocenters. The molecule has 0 rings (SSSR count). The Morgan fingerprint density at radius 3 is 1.50 bits per heavy atom. The fourth-order valence-electron chi connectivity index (χ4n) is 0.829. The molecular weight excluding hydrogens is 152 g/mol. The van der Waals surface area contributed by atoms with Crippen LogP contribution in [0.5, 0.6) is 0 Å². The summed E-state index contributed by atoms with van der Waals surface area (Å²) in [6, 6.07) is 0. The van der Waals surface area contributed by atoms with Gasteiger partial charge in [0.25, 0.3) is 0 Å². The van der Waals surface area contributed by atoms with Crippen LogP contribution in [-0.2, 0) is 0 Å². The van der Waals surface area contributed by atoms with Gasteiger partial charge in [-0.05, 0) is 38.8 Å². The molecule has 0 aliphatic rings. The number of hydrogen-bond acceptors (Lipinski definition) is 4. The summed E-state index contributed by atoms with van der Waals surface area (Å²) >= 11 is 0. The van der Waals surface area contributed by atoms with Crippen molar-refractivity contribution >= 4 is 0 Å². The van der Waals surface area contributed by atoms with E-state index in [1.165, 1.54) is 5.57 Å². The van der Waals surface area contributed by atoms with E-state index in [0.717, 1.165) is 38.8 Å². The van der Waals surface area contributed by atoms with E-state index in [0.29, 0.717) is 0 Å². The zero-order valence-electron chi connectivity index (χ0n) is 8.02. The van der Waals surface area contributed by atoms with Crippen molar-refractivity contribution in [2.45, 2.75) is 25.7 Å². The highest BCUT2D eigenvalue weighted by Gasteiger charge is 1.91. The molecule has 0 bridgehead atoms. The van der Waals surface area contributed by atoms with E-state index >= 15 is 0 Å². The van der Waals surface area contributed by atoms with Gasteiger partial charge in [0.2, 0.25) is 0 Å². The molecule has 0 atom stereocenters. The molecule has 0 aromatic carbocycles. The van der Waals surface area contributed by atoms with Gasteiger partial charge in [-0.2, -0.15) is 0 Å². The normalized spacial score (nSPS) is 8.17. The average molecular weight is 176 g/mol. The quantitative estimate of drug-likeness (QED) is 0.456. The number of hydrogen-bond donors (Lipinski definition) is 4. The molecule has 10 N–H and O–H groups in total. The molecular formula is C8H24N4. The summed E-state index contributed by atoms with van der Waals surface area (Å²) in [5.74, 6) is 0. The molecule has 0 amide bonds. The van der Waals surface area contributed by atoms with E-state index in [2.05, 4.69) is 6.58 Å². The molecule has 12 heavy (non-hydrogen) atoms. The predicted molar refractivity (Wildman–Crippen MR) is 55.8 cm³/mol. The second-order valence-corrected chi connectivity index (χ2v) is 2.53. The van der Waals surface area contributed by atoms with E-state index in [-0.39, 0.29) is 12.3 Å². The number of nitrogens with two attached hydrogens (primary N) is 2. The lowest BCUT2D eigenvalue weighted by atomic mass is 10.1. The maximum Gasteiger partial charge on any atom is -0.00742 e. The van der Waals surface area contributed by atoms with Crippen LogP contribution in [0.1, 0.15) is 25.7 Å². The molecule has 0 spiro atoms. The van der Waals surface area contributed by atoms with Gasteiger partial charge in [0.05, 0.1) is 0 Å². The van der Waals surface area contributed by atoms with Crippen molar-refractivity contribution in [2.24, 2.45) is 11.5 Å². The van der Waals surface area contributed by atoms with Gasteiger partial charge >= 0.3 is 0 Å². The fraction of sp³-hybridized carbons (Fsp3) is 0.750. The molecule has 0 radical (unpaired) electrons. The highest BCUT2D eigenvalue weighted by Crippen LogP contribution is 2.07.